The summed E-state index contributed by atoms with van der Waals surface area (Å²) in [5.74, 6) is 0.959. The Labute approximate surface area is 199 Å². The summed E-state index contributed by atoms with van der Waals surface area (Å²) < 4.78 is 23.1. The molecule has 1 saturated heterocycles. The van der Waals surface area contributed by atoms with E-state index in [1.807, 2.05) is 36.4 Å². The van der Waals surface area contributed by atoms with Gasteiger partial charge in [-0.15, -0.1) is 0 Å². The minimum Gasteiger partial charge on any atom is -0.489 e. The van der Waals surface area contributed by atoms with Crippen molar-refractivity contribution < 1.29 is 18.6 Å². The van der Waals surface area contributed by atoms with Crippen molar-refractivity contribution in [2.45, 2.75) is 38.1 Å². The maximum Gasteiger partial charge on any atom is 0.120 e. The first kappa shape index (κ1) is 22.2. The van der Waals surface area contributed by atoms with Crippen molar-refractivity contribution in [3.05, 3.63) is 89.9 Å². The Morgan fingerprint density at radius 1 is 1.09 bits per heavy atom. The second-order valence-electron chi connectivity index (χ2n) is 8.73. The summed E-state index contributed by atoms with van der Waals surface area (Å²) in [5.41, 5.74) is 4.82. The number of furan rings is 1. The van der Waals surface area contributed by atoms with Gasteiger partial charge in [0.1, 0.15) is 12.4 Å². The highest BCUT2D eigenvalue weighted by molar-refractivity contribution is 5.98. The van der Waals surface area contributed by atoms with Crippen LogP contribution in [0.15, 0.2) is 77.6 Å². The maximum absolute atomic E-state index is 9.51. The highest BCUT2D eigenvalue weighted by Gasteiger charge is 2.33. The molecule has 0 radical (unpaired) electrons. The lowest BCUT2D eigenvalue weighted by atomic mass is 9.85. The van der Waals surface area contributed by atoms with Crippen LogP contribution in [-0.4, -0.2) is 25.9 Å². The van der Waals surface area contributed by atoms with Gasteiger partial charge in [0.05, 0.1) is 36.4 Å². The van der Waals surface area contributed by atoms with E-state index in [4.69, 9.17) is 18.6 Å². The lowest BCUT2D eigenvalue weighted by Gasteiger charge is -2.36. The van der Waals surface area contributed by atoms with Crippen molar-refractivity contribution in [3.63, 3.8) is 0 Å². The molecule has 1 fully saturated rings. The lowest BCUT2D eigenvalue weighted by molar-refractivity contribution is -0.0695. The second-order valence-corrected chi connectivity index (χ2v) is 8.73. The van der Waals surface area contributed by atoms with Gasteiger partial charge in [0.15, 0.2) is 0 Å². The van der Waals surface area contributed by atoms with Crippen LogP contribution in [-0.2, 0) is 16.1 Å². The van der Waals surface area contributed by atoms with E-state index in [0.29, 0.717) is 12.2 Å². The van der Waals surface area contributed by atoms with Crippen molar-refractivity contribution in [2.75, 3.05) is 13.7 Å². The molecular formula is C29H27NO4. The van der Waals surface area contributed by atoms with Gasteiger partial charge in [0.2, 0.25) is 0 Å². The Hall–Kier alpha value is -3.59. The number of nitriles is 1. The monoisotopic (exact) mass is 453 g/mol. The Balaban J connectivity index is 1.38. The van der Waals surface area contributed by atoms with Crippen LogP contribution < -0.4 is 4.74 Å². The van der Waals surface area contributed by atoms with Gasteiger partial charge in [-0.2, -0.15) is 5.26 Å². The zero-order chi connectivity index (χ0) is 23.5. The third kappa shape index (κ3) is 4.43. The molecule has 3 atom stereocenters. The van der Waals surface area contributed by atoms with Gasteiger partial charge >= 0.3 is 0 Å². The molecule has 5 heteroatoms. The van der Waals surface area contributed by atoms with Crippen molar-refractivity contribution in [1.29, 1.82) is 5.26 Å². The standard InChI is InChI=1S/C29H27NO4/c1-19-29(28(31-2)9-11-33-19)22-5-3-4-20(12-22)17-34-25-6-7-26-24(15-25)13-21(16-30)14-27(26)23-8-10-32-18-23/h3-8,10,12-15,18-19,28-29H,9,11,17H2,1-2H3/t19?,28-,29?/m1/s1. The number of rotatable bonds is 6. The molecule has 3 aromatic carbocycles. The van der Waals surface area contributed by atoms with E-state index in [1.165, 1.54) is 5.56 Å². The summed E-state index contributed by atoms with van der Waals surface area (Å²) in [5, 5.41) is 11.5. The highest BCUT2D eigenvalue weighted by atomic mass is 16.5. The summed E-state index contributed by atoms with van der Waals surface area (Å²) in [6.07, 6.45) is 4.49. The zero-order valence-corrected chi connectivity index (χ0v) is 19.4. The van der Waals surface area contributed by atoms with Crippen LogP contribution in [0.2, 0.25) is 0 Å². The van der Waals surface area contributed by atoms with Crippen LogP contribution in [0.25, 0.3) is 21.9 Å². The van der Waals surface area contributed by atoms with Crippen LogP contribution in [0, 0.1) is 11.3 Å². The number of hydrogen-bond acceptors (Lipinski definition) is 5. The SMILES string of the molecule is CO[C@@H]1CCOC(C)C1c1cccc(COc2ccc3c(-c4ccoc4)cc(C#N)cc3c2)c1. The summed E-state index contributed by atoms with van der Waals surface area (Å²) >= 11 is 0. The molecule has 0 bridgehead atoms. The number of methoxy groups -OCH3 is 1. The fourth-order valence-corrected chi connectivity index (χ4v) is 4.92. The molecule has 1 aliphatic heterocycles. The van der Waals surface area contributed by atoms with Crippen molar-refractivity contribution in [1.82, 2.24) is 0 Å². The van der Waals surface area contributed by atoms with Crippen molar-refractivity contribution >= 4 is 10.8 Å². The summed E-state index contributed by atoms with van der Waals surface area (Å²) in [4.78, 5) is 0. The molecule has 0 saturated carbocycles. The molecular weight excluding hydrogens is 426 g/mol. The van der Waals surface area contributed by atoms with E-state index in [-0.39, 0.29) is 18.1 Å². The molecule has 1 aliphatic rings. The Kier molecular flexibility index (Phi) is 6.35. The van der Waals surface area contributed by atoms with E-state index in [9.17, 15) is 5.26 Å². The first-order valence-corrected chi connectivity index (χ1v) is 11.5. The van der Waals surface area contributed by atoms with Gasteiger partial charge in [0, 0.05) is 25.2 Å². The quantitative estimate of drug-likeness (QED) is 0.335. The first-order chi connectivity index (χ1) is 16.7. The molecule has 0 aliphatic carbocycles. The number of hydrogen-bond donors (Lipinski definition) is 0. The predicted octanol–water partition coefficient (Wildman–Crippen LogP) is 6.46. The van der Waals surface area contributed by atoms with E-state index in [1.54, 1.807) is 19.6 Å². The van der Waals surface area contributed by atoms with Crippen LogP contribution in [0.3, 0.4) is 0 Å². The normalized spacial score (nSPS) is 20.2. The minimum atomic E-state index is 0.106. The topological polar surface area (TPSA) is 64.6 Å². The van der Waals surface area contributed by atoms with Gasteiger partial charge in [0.25, 0.3) is 0 Å². The molecule has 0 amide bonds. The lowest BCUT2D eigenvalue weighted by Crippen LogP contribution is -2.37. The molecule has 5 nitrogen and oxygen atoms in total. The minimum absolute atomic E-state index is 0.106. The Morgan fingerprint density at radius 2 is 2.00 bits per heavy atom. The summed E-state index contributed by atoms with van der Waals surface area (Å²) in [6.45, 7) is 3.30. The van der Waals surface area contributed by atoms with E-state index in [0.717, 1.165) is 46.2 Å². The van der Waals surface area contributed by atoms with E-state index in [2.05, 4.69) is 37.3 Å². The highest BCUT2D eigenvalue weighted by Crippen LogP contribution is 2.35. The largest absolute Gasteiger partial charge is 0.489 e. The van der Waals surface area contributed by atoms with Gasteiger partial charge < -0.3 is 18.6 Å². The third-order valence-corrected chi connectivity index (χ3v) is 6.62. The summed E-state index contributed by atoms with van der Waals surface area (Å²) in [6, 6.07) is 22.4. The molecule has 2 unspecified atom stereocenters. The van der Waals surface area contributed by atoms with Crippen molar-refractivity contribution in [2.24, 2.45) is 0 Å². The zero-order valence-electron chi connectivity index (χ0n) is 19.4. The third-order valence-electron chi connectivity index (χ3n) is 6.62. The molecule has 0 N–H and O–H groups in total. The smallest absolute Gasteiger partial charge is 0.120 e. The molecule has 5 rings (SSSR count). The van der Waals surface area contributed by atoms with E-state index >= 15 is 0 Å². The number of fused-ring (bicyclic) bond motifs is 1. The number of ether oxygens (including phenoxy) is 3. The molecule has 2 heterocycles. The fourth-order valence-electron chi connectivity index (χ4n) is 4.92. The van der Waals surface area contributed by atoms with Gasteiger partial charge in [-0.1, -0.05) is 30.3 Å². The van der Waals surface area contributed by atoms with Crippen molar-refractivity contribution in [3.8, 4) is 22.9 Å². The van der Waals surface area contributed by atoms with Gasteiger partial charge in [-0.25, -0.2) is 0 Å². The Bertz CT molecular complexity index is 1320. The van der Waals surface area contributed by atoms with Crippen LogP contribution in [0.1, 0.15) is 36.0 Å². The maximum atomic E-state index is 9.51. The predicted molar refractivity (Wildman–Crippen MR) is 131 cm³/mol. The average Bonchev–Trinajstić information content (AvgIpc) is 3.41. The second kappa shape index (κ2) is 9.72. The van der Waals surface area contributed by atoms with Crippen LogP contribution in [0.5, 0.6) is 5.75 Å². The molecule has 172 valence electrons. The van der Waals surface area contributed by atoms with Gasteiger partial charge in [-0.05, 0) is 71.1 Å². The van der Waals surface area contributed by atoms with Crippen LogP contribution >= 0.6 is 0 Å². The first-order valence-electron chi connectivity index (χ1n) is 11.5. The summed E-state index contributed by atoms with van der Waals surface area (Å²) in [7, 11) is 1.78. The Morgan fingerprint density at radius 3 is 2.79 bits per heavy atom. The van der Waals surface area contributed by atoms with Gasteiger partial charge in [-0.3, -0.25) is 0 Å². The molecule has 4 aromatic rings. The van der Waals surface area contributed by atoms with E-state index < -0.39 is 0 Å². The molecule has 0 spiro atoms. The molecule has 1 aromatic heterocycles. The van der Waals surface area contributed by atoms with Crippen LogP contribution in [0.4, 0.5) is 0 Å². The average molecular weight is 454 g/mol. The number of benzene rings is 3. The number of nitrogens with zero attached hydrogens (tertiary/aromatic N) is 1. The fraction of sp³-hybridized carbons (Fsp3) is 0.276. The molecule has 34 heavy (non-hydrogen) atoms.